The van der Waals surface area contributed by atoms with E-state index in [1.165, 1.54) is 23.7 Å². The number of rotatable bonds is 5. The van der Waals surface area contributed by atoms with Crippen molar-refractivity contribution in [3.8, 4) is 0 Å². The van der Waals surface area contributed by atoms with Crippen LogP contribution in [0.2, 0.25) is 0 Å². The number of H-pyrrole nitrogens is 1. The molecule has 6 heteroatoms. The lowest BCUT2D eigenvalue weighted by molar-refractivity contribution is 0.102. The Hall–Kier alpha value is -2.21. The summed E-state index contributed by atoms with van der Waals surface area (Å²) in [6.07, 6.45) is 4.02. The number of benzene rings is 1. The number of aromatic amines is 1. The molecule has 2 heterocycles. The summed E-state index contributed by atoms with van der Waals surface area (Å²) in [6.45, 7) is 2.09. The first-order valence-electron chi connectivity index (χ1n) is 6.67. The number of aryl methyl sites for hydroxylation is 1. The number of imidazole rings is 1. The number of Topliss-reactive ketones (excluding diaryl/α,β-unsaturated/α-hetero) is 1. The predicted molar refractivity (Wildman–Crippen MR) is 82.6 cm³/mol. The molecule has 1 aromatic carbocycles. The Labute approximate surface area is 126 Å². The highest BCUT2D eigenvalue weighted by Gasteiger charge is 2.10. The van der Waals surface area contributed by atoms with Crippen LogP contribution in [0.25, 0.3) is 11.2 Å². The van der Waals surface area contributed by atoms with Gasteiger partial charge in [0.25, 0.3) is 0 Å². The van der Waals surface area contributed by atoms with E-state index in [0.29, 0.717) is 11.4 Å². The number of hydrogen-bond donors (Lipinski definition) is 1. The average molecular weight is 298 g/mol. The molecule has 0 radical (unpaired) electrons. The molecule has 5 nitrogen and oxygen atoms in total. The van der Waals surface area contributed by atoms with E-state index in [1.807, 2.05) is 24.3 Å². The molecule has 0 aliphatic carbocycles. The highest BCUT2D eigenvalue weighted by molar-refractivity contribution is 8.00. The Morgan fingerprint density at radius 1 is 1.19 bits per heavy atom. The van der Waals surface area contributed by atoms with Crippen molar-refractivity contribution < 1.29 is 4.79 Å². The van der Waals surface area contributed by atoms with Crippen molar-refractivity contribution >= 4 is 28.7 Å². The van der Waals surface area contributed by atoms with Crippen molar-refractivity contribution in [2.24, 2.45) is 0 Å². The number of fused-ring (bicyclic) bond motifs is 1. The maximum Gasteiger partial charge on any atom is 0.181 e. The third kappa shape index (κ3) is 2.95. The van der Waals surface area contributed by atoms with Gasteiger partial charge in [-0.1, -0.05) is 43.0 Å². The number of nitrogens with one attached hydrogen (secondary N) is 1. The van der Waals surface area contributed by atoms with Crippen molar-refractivity contribution in [3.05, 3.63) is 48.0 Å². The van der Waals surface area contributed by atoms with Crippen molar-refractivity contribution in [1.82, 2.24) is 19.9 Å². The third-order valence-electron chi connectivity index (χ3n) is 3.21. The lowest BCUT2D eigenvalue weighted by atomic mass is 10.1. The highest BCUT2D eigenvalue weighted by atomic mass is 32.2. The summed E-state index contributed by atoms with van der Waals surface area (Å²) in [4.78, 5) is 27.5. The average Bonchev–Trinajstić information content (AvgIpc) is 3.02. The van der Waals surface area contributed by atoms with E-state index in [0.717, 1.165) is 22.5 Å². The molecule has 2 aromatic heterocycles. The SMILES string of the molecule is CCc1ccc(C(=O)CSc2ncnc3nc[nH]c23)cc1. The molecule has 21 heavy (non-hydrogen) atoms. The summed E-state index contributed by atoms with van der Waals surface area (Å²) >= 11 is 1.40. The van der Waals surface area contributed by atoms with Gasteiger partial charge in [0.15, 0.2) is 11.4 Å². The number of hydrogen-bond acceptors (Lipinski definition) is 5. The summed E-state index contributed by atoms with van der Waals surface area (Å²) in [6, 6.07) is 7.76. The van der Waals surface area contributed by atoms with E-state index >= 15 is 0 Å². The molecule has 3 rings (SSSR count). The minimum absolute atomic E-state index is 0.0916. The van der Waals surface area contributed by atoms with E-state index in [4.69, 9.17) is 0 Å². The van der Waals surface area contributed by atoms with Crippen LogP contribution in [0.5, 0.6) is 0 Å². The zero-order valence-corrected chi connectivity index (χ0v) is 12.4. The van der Waals surface area contributed by atoms with Gasteiger partial charge in [-0.05, 0) is 12.0 Å². The van der Waals surface area contributed by atoms with Crippen molar-refractivity contribution in [3.63, 3.8) is 0 Å². The second-order valence-corrected chi connectivity index (χ2v) is 5.51. The molecule has 1 N–H and O–H groups in total. The Morgan fingerprint density at radius 2 is 2.00 bits per heavy atom. The topological polar surface area (TPSA) is 71.5 Å². The maximum absolute atomic E-state index is 12.2. The van der Waals surface area contributed by atoms with Gasteiger partial charge in [0.2, 0.25) is 0 Å². The predicted octanol–water partition coefficient (Wildman–Crippen LogP) is 2.89. The first-order valence-corrected chi connectivity index (χ1v) is 7.65. The Kier molecular flexibility index (Phi) is 3.96. The lowest BCUT2D eigenvalue weighted by Crippen LogP contribution is -2.03. The van der Waals surface area contributed by atoms with E-state index in [-0.39, 0.29) is 5.78 Å². The molecular weight excluding hydrogens is 284 g/mol. The molecule has 0 fully saturated rings. The highest BCUT2D eigenvalue weighted by Crippen LogP contribution is 2.22. The number of ketones is 1. The van der Waals surface area contributed by atoms with Crippen LogP contribution >= 0.6 is 11.8 Å². The molecule has 0 saturated carbocycles. The molecule has 0 spiro atoms. The smallest absolute Gasteiger partial charge is 0.181 e. The molecular formula is C15H14N4OS. The van der Waals surface area contributed by atoms with Crippen molar-refractivity contribution in [2.45, 2.75) is 18.4 Å². The second kappa shape index (κ2) is 6.05. The van der Waals surface area contributed by atoms with Crippen LogP contribution in [0, 0.1) is 0 Å². The van der Waals surface area contributed by atoms with Crippen LogP contribution < -0.4 is 0 Å². The molecule has 3 aromatic rings. The first-order chi connectivity index (χ1) is 10.3. The Morgan fingerprint density at radius 3 is 2.76 bits per heavy atom. The van der Waals surface area contributed by atoms with Gasteiger partial charge in [-0.2, -0.15) is 0 Å². The molecule has 0 saturated heterocycles. The number of carbonyl (C=O) groups excluding carboxylic acids is 1. The number of aromatic nitrogens is 4. The third-order valence-corrected chi connectivity index (χ3v) is 4.20. The van der Waals surface area contributed by atoms with Crippen LogP contribution in [0.1, 0.15) is 22.8 Å². The Bertz CT molecular complexity index is 767. The zero-order valence-electron chi connectivity index (χ0n) is 11.5. The van der Waals surface area contributed by atoms with E-state index in [1.54, 1.807) is 6.33 Å². The molecule has 106 valence electrons. The largest absolute Gasteiger partial charge is 0.341 e. The standard InChI is InChI=1S/C15H14N4OS/c1-2-10-3-5-11(6-4-10)12(20)7-21-15-13-14(17-8-16-13)18-9-19-15/h3-6,8-9H,2,7H2,1H3,(H,16,17,18,19). The second-order valence-electron chi connectivity index (χ2n) is 4.54. The fourth-order valence-electron chi connectivity index (χ4n) is 2.00. The van der Waals surface area contributed by atoms with Crippen molar-refractivity contribution in [2.75, 3.05) is 5.75 Å². The van der Waals surface area contributed by atoms with E-state index < -0.39 is 0 Å². The van der Waals surface area contributed by atoms with Crippen LogP contribution in [0.15, 0.2) is 41.9 Å². The molecule has 0 atom stereocenters. The summed E-state index contributed by atoms with van der Waals surface area (Å²) in [5.74, 6) is 0.435. The lowest BCUT2D eigenvalue weighted by Gasteiger charge is -2.03. The van der Waals surface area contributed by atoms with Crippen LogP contribution in [0.4, 0.5) is 0 Å². The summed E-state index contributed by atoms with van der Waals surface area (Å²) in [7, 11) is 0. The normalized spacial score (nSPS) is 10.9. The minimum Gasteiger partial charge on any atom is -0.341 e. The Balaban J connectivity index is 1.71. The molecule has 0 amide bonds. The molecule has 0 aliphatic rings. The molecule has 0 unspecified atom stereocenters. The summed E-state index contributed by atoms with van der Waals surface area (Å²) < 4.78 is 0. The fourth-order valence-corrected chi connectivity index (χ4v) is 2.85. The quantitative estimate of drug-likeness (QED) is 0.445. The molecule has 0 aliphatic heterocycles. The number of thioether (sulfide) groups is 1. The number of carbonyl (C=O) groups is 1. The first kappa shape index (κ1) is 13.8. The van der Waals surface area contributed by atoms with Gasteiger partial charge < -0.3 is 4.98 Å². The fraction of sp³-hybridized carbons (Fsp3) is 0.200. The maximum atomic E-state index is 12.2. The van der Waals surface area contributed by atoms with Gasteiger partial charge in [-0.3, -0.25) is 4.79 Å². The number of nitrogens with zero attached hydrogens (tertiary/aromatic N) is 3. The van der Waals surface area contributed by atoms with Crippen LogP contribution in [0.3, 0.4) is 0 Å². The van der Waals surface area contributed by atoms with Gasteiger partial charge in [-0.25, -0.2) is 15.0 Å². The van der Waals surface area contributed by atoms with E-state index in [9.17, 15) is 4.79 Å². The van der Waals surface area contributed by atoms with Gasteiger partial charge in [-0.15, -0.1) is 0 Å². The van der Waals surface area contributed by atoms with Gasteiger partial charge in [0.05, 0.1) is 12.1 Å². The van der Waals surface area contributed by atoms with Crippen molar-refractivity contribution in [1.29, 1.82) is 0 Å². The van der Waals surface area contributed by atoms with Crippen LogP contribution in [-0.4, -0.2) is 31.5 Å². The van der Waals surface area contributed by atoms with Gasteiger partial charge in [0, 0.05) is 5.56 Å². The van der Waals surface area contributed by atoms with E-state index in [2.05, 4.69) is 26.9 Å². The summed E-state index contributed by atoms with van der Waals surface area (Å²) in [5, 5.41) is 0.746. The molecule has 0 bridgehead atoms. The van der Waals surface area contributed by atoms with Crippen LogP contribution in [-0.2, 0) is 6.42 Å². The zero-order chi connectivity index (χ0) is 14.7. The summed E-state index contributed by atoms with van der Waals surface area (Å²) in [5.41, 5.74) is 3.35. The van der Waals surface area contributed by atoms with Gasteiger partial charge in [0.1, 0.15) is 16.9 Å². The monoisotopic (exact) mass is 298 g/mol. The minimum atomic E-state index is 0.0916. The van der Waals surface area contributed by atoms with Gasteiger partial charge >= 0.3 is 0 Å².